The molecule has 0 saturated carbocycles. The molecule has 0 bridgehead atoms. The van der Waals surface area contributed by atoms with Gasteiger partial charge in [-0.2, -0.15) is 0 Å². The molecule has 10 nitrogen and oxygen atoms in total. The number of methoxy groups -OCH3 is 3. The molecule has 2 atom stereocenters. The van der Waals surface area contributed by atoms with Gasteiger partial charge in [-0.25, -0.2) is 4.57 Å². The topological polar surface area (TPSA) is 113 Å². The Morgan fingerprint density at radius 3 is 2.09 bits per heavy atom. The Hall–Kier alpha value is -4.34. The molecule has 1 heterocycles. The highest BCUT2D eigenvalue weighted by Crippen LogP contribution is 2.46. The molecule has 0 spiro atoms. The van der Waals surface area contributed by atoms with Crippen LogP contribution in [0, 0.1) is 0 Å². The van der Waals surface area contributed by atoms with Gasteiger partial charge in [0.05, 0.1) is 40.6 Å². The largest absolute Gasteiger partial charge is 0.493 e. The van der Waals surface area contributed by atoms with Crippen LogP contribution in [-0.4, -0.2) is 44.1 Å². The van der Waals surface area contributed by atoms with Crippen LogP contribution in [0.5, 0.6) is 23.0 Å². The van der Waals surface area contributed by atoms with Crippen LogP contribution in [0.2, 0.25) is 0 Å². The molecule has 0 saturated heterocycles. The fraction of sp³-hybridized carbons (Fsp3) is 0.265. The number of fused-ring (bicyclic) bond motifs is 1. The summed E-state index contributed by atoms with van der Waals surface area (Å²) >= 11 is 0. The molecule has 11 heteroatoms. The molecule has 1 aliphatic heterocycles. The van der Waals surface area contributed by atoms with E-state index < -0.39 is 13.9 Å². The first kappa shape index (κ1) is 32.1. The number of phosphoric ester groups is 1. The van der Waals surface area contributed by atoms with E-state index >= 15 is 0 Å². The van der Waals surface area contributed by atoms with Gasteiger partial charge in [0.25, 0.3) is 0 Å². The molecule has 5 rings (SSSR count). The number of nitrogens with zero attached hydrogens (tertiary/aromatic N) is 1. The maximum atomic E-state index is 12.6. The third kappa shape index (κ3) is 7.49. The second-order valence-corrected chi connectivity index (χ2v) is 11.8. The minimum absolute atomic E-state index is 0.0445. The zero-order chi connectivity index (χ0) is 31.8. The van der Waals surface area contributed by atoms with Crippen LogP contribution in [0.4, 0.5) is 0 Å². The quantitative estimate of drug-likeness (QED) is 0.128. The lowest BCUT2D eigenvalue weighted by atomic mass is 9.87. The first-order valence-electron chi connectivity index (χ1n) is 14.4. The summed E-state index contributed by atoms with van der Waals surface area (Å²) in [4.78, 5) is 24.2. The normalized spacial score (nSPS) is 15.5. The van der Waals surface area contributed by atoms with Crippen LogP contribution in [-0.2, 0) is 44.6 Å². The van der Waals surface area contributed by atoms with Crippen LogP contribution in [0.3, 0.4) is 0 Å². The maximum absolute atomic E-state index is 12.6. The molecule has 1 amide bonds. The summed E-state index contributed by atoms with van der Waals surface area (Å²) in [6.45, 7) is 0.504. The van der Waals surface area contributed by atoms with E-state index in [1.54, 1.807) is 38.4 Å². The number of ether oxygens (including phenoxy) is 4. The van der Waals surface area contributed by atoms with Gasteiger partial charge in [-0.15, -0.1) is 0 Å². The van der Waals surface area contributed by atoms with Gasteiger partial charge in [-0.05, 0) is 52.4 Å². The standard InChI is InChI=1S/C34H36NO9P/c1-39-31-18-27(19-32(40-2)34(31)41-3)33-29-14-9-15-30(28(29)16-17-35(33)23-36)42-21-25-12-7-8-13-26(25)22-44-45(37,38)43-20-24-10-5-4-6-11-24/h4-15,18-19,23,33H,16-17,20-22H2,1-3H3,(H,37,38)/t33-/m1/s1. The number of benzene rings is 4. The summed E-state index contributed by atoms with van der Waals surface area (Å²) in [6.07, 6.45) is 1.45. The van der Waals surface area contributed by atoms with Crippen LogP contribution in [0.15, 0.2) is 84.9 Å². The average Bonchev–Trinajstić information content (AvgIpc) is 3.08. The van der Waals surface area contributed by atoms with E-state index in [-0.39, 0.29) is 19.8 Å². The van der Waals surface area contributed by atoms with Crippen LogP contribution < -0.4 is 18.9 Å². The van der Waals surface area contributed by atoms with Gasteiger partial charge in [0.15, 0.2) is 11.5 Å². The van der Waals surface area contributed by atoms with E-state index in [2.05, 4.69) is 0 Å². The van der Waals surface area contributed by atoms with Crippen LogP contribution in [0.1, 0.15) is 39.4 Å². The molecule has 236 valence electrons. The first-order chi connectivity index (χ1) is 21.9. The zero-order valence-electron chi connectivity index (χ0n) is 25.4. The summed E-state index contributed by atoms with van der Waals surface area (Å²) < 4.78 is 46.1. The summed E-state index contributed by atoms with van der Waals surface area (Å²) in [5.74, 6) is 2.14. The van der Waals surface area contributed by atoms with Crippen molar-refractivity contribution in [3.8, 4) is 23.0 Å². The number of phosphoric acid groups is 1. The van der Waals surface area contributed by atoms with E-state index in [4.69, 9.17) is 28.0 Å². The number of amides is 1. The van der Waals surface area contributed by atoms with Crippen molar-refractivity contribution < 1.29 is 42.2 Å². The Bertz CT molecular complexity index is 1640. The third-order valence-electron chi connectivity index (χ3n) is 7.68. The highest BCUT2D eigenvalue weighted by molar-refractivity contribution is 7.47. The minimum atomic E-state index is -4.30. The summed E-state index contributed by atoms with van der Waals surface area (Å²) in [7, 11) is 0.357. The monoisotopic (exact) mass is 633 g/mol. The average molecular weight is 634 g/mol. The number of carbonyl (C=O) groups excluding carboxylic acids is 1. The zero-order valence-corrected chi connectivity index (χ0v) is 26.3. The van der Waals surface area contributed by atoms with Crippen molar-refractivity contribution in [2.24, 2.45) is 0 Å². The van der Waals surface area contributed by atoms with Crippen molar-refractivity contribution in [1.29, 1.82) is 0 Å². The second kappa shape index (κ2) is 14.6. The van der Waals surface area contributed by atoms with E-state index in [1.165, 1.54) is 0 Å². The van der Waals surface area contributed by atoms with Crippen molar-refractivity contribution in [1.82, 2.24) is 4.90 Å². The van der Waals surface area contributed by atoms with E-state index in [0.717, 1.165) is 34.2 Å². The van der Waals surface area contributed by atoms with Crippen molar-refractivity contribution in [3.63, 3.8) is 0 Å². The lowest BCUT2D eigenvalue weighted by Crippen LogP contribution is -2.35. The highest BCUT2D eigenvalue weighted by atomic mass is 31.2. The molecular weight excluding hydrogens is 597 g/mol. The van der Waals surface area contributed by atoms with Gasteiger partial charge in [0, 0.05) is 12.1 Å². The Kier molecular flexibility index (Phi) is 10.4. The molecule has 4 aromatic rings. The molecule has 0 radical (unpaired) electrons. The molecule has 0 aliphatic carbocycles. The SMILES string of the molecule is COc1cc([C@@H]2c3cccc(OCc4ccccc4COP(=O)(O)OCc4ccccc4)c3CCN2C=O)cc(OC)c1OC. The van der Waals surface area contributed by atoms with Crippen molar-refractivity contribution in [2.75, 3.05) is 27.9 Å². The minimum Gasteiger partial charge on any atom is -0.493 e. The predicted molar refractivity (Wildman–Crippen MR) is 167 cm³/mol. The van der Waals surface area contributed by atoms with E-state index in [1.807, 2.05) is 72.8 Å². The van der Waals surface area contributed by atoms with Gasteiger partial charge >= 0.3 is 7.82 Å². The predicted octanol–water partition coefficient (Wildman–Crippen LogP) is 6.23. The van der Waals surface area contributed by atoms with Gasteiger partial charge in [0.1, 0.15) is 12.4 Å². The molecular formula is C34H36NO9P. The van der Waals surface area contributed by atoms with Crippen LogP contribution in [0.25, 0.3) is 0 Å². The summed E-state index contributed by atoms with van der Waals surface area (Å²) in [6, 6.07) is 25.6. The van der Waals surface area contributed by atoms with Gasteiger partial charge in [-0.3, -0.25) is 13.8 Å². The van der Waals surface area contributed by atoms with Gasteiger partial charge in [0.2, 0.25) is 12.2 Å². The summed E-state index contributed by atoms with van der Waals surface area (Å²) in [5, 5.41) is 0. The summed E-state index contributed by atoms with van der Waals surface area (Å²) in [5.41, 5.74) is 4.97. The van der Waals surface area contributed by atoms with E-state index in [0.29, 0.717) is 41.5 Å². The van der Waals surface area contributed by atoms with Crippen molar-refractivity contribution >= 4 is 14.2 Å². The third-order valence-corrected chi connectivity index (χ3v) is 8.59. The van der Waals surface area contributed by atoms with Crippen molar-refractivity contribution in [3.05, 3.63) is 118 Å². The van der Waals surface area contributed by atoms with Gasteiger partial charge < -0.3 is 28.7 Å². The Labute approximate surface area is 262 Å². The first-order valence-corrected chi connectivity index (χ1v) is 15.8. The smallest absolute Gasteiger partial charge is 0.472 e. The highest BCUT2D eigenvalue weighted by Gasteiger charge is 2.31. The lowest BCUT2D eigenvalue weighted by Gasteiger charge is -2.36. The number of hydrogen-bond acceptors (Lipinski definition) is 8. The Morgan fingerprint density at radius 2 is 1.44 bits per heavy atom. The second-order valence-electron chi connectivity index (χ2n) is 10.3. The lowest BCUT2D eigenvalue weighted by molar-refractivity contribution is -0.120. The fourth-order valence-corrected chi connectivity index (χ4v) is 6.14. The van der Waals surface area contributed by atoms with E-state index in [9.17, 15) is 14.3 Å². The van der Waals surface area contributed by atoms with Crippen molar-refractivity contribution in [2.45, 2.75) is 32.3 Å². The number of carbonyl (C=O) groups is 1. The molecule has 0 fully saturated rings. The Morgan fingerprint density at radius 1 is 0.800 bits per heavy atom. The Balaban J connectivity index is 1.34. The van der Waals surface area contributed by atoms with Gasteiger partial charge in [-0.1, -0.05) is 66.7 Å². The number of hydrogen-bond donors (Lipinski definition) is 1. The van der Waals surface area contributed by atoms with Crippen LogP contribution >= 0.6 is 7.82 Å². The molecule has 1 unspecified atom stereocenters. The molecule has 1 aliphatic rings. The molecule has 4 aromatic carbocycles. The fourth-order valence-electron chi connectivity index (χ4n) is 5.45. The number of rotatable bonds is 14. The molecule has 45 heavy (non-hydrogen) atoms. The molecule has 1 N–H and O–H groups in total. The molecule has 0 aromatic heterocycles. The maximum Gasteiger partial charge on any atom is 0.472 e.